The number of allylic oxidation sites excluding steroid dienone is 1. The van der Waals surface area contributed by atoms with Gasteiger partial charge in [-0.05, 0) is 11.6 Å². The van der Waals surface area contributed by atoms with Crippen molar-refractivity contribution in [1.82, 2.24) is 10.3 Å². The molecule has 1 heterocycles. The van der Waals surface area contributed by atoms with Gasteiger partial charge in [-0.1, -0.05) is 36.4 Å². The van der Waals surface area contributed by atoms with Gasteiger partial charge in [0.15, 0.2) is 0 Å². The molecule has 1 saturated heterocycles. The Morgan fingerprint density at radius 2 is 2.05 bits per heavy atom. The normalized spacial score (nSPS) is 16.6. The summed E-state index contributed by atoms with van der Waals surface area (Å²) in [7, 11) is 0. The van der Waals surface area contributed by atoms with Crippen LogP contribution >= 0.6 is 0 Å². The number of ether oxygens (including phenoxy) is 1. The summed E-state index contributed by atoms with van der Waals surface area (Å²) < 4.78 is 5.26. The summed E-state index contributed by atoms with van der Waals surface area (Å²) >= 11 is 0. The fraction of sp³-hybridized carbons (Fsp3) is 0.375. The van der Waals surface area contributed by atoms with Crippen LogP contribution in [0.2, 0.25) is 0 Å². The first-order valence-corrected chi connectivity index (χ1v) is 7.18. The van der Waals surface area contributed by atoms with Gasteiger partial charge in [-0.2, -0.15) is 5.10 Å². The number of hydrogen-bond donors (Lipinski definition) is 1. The monoisotopic (exact) mass is 287 g/mol. The Bertz CT molecular complexity index is 480. The summed E-state index contributed by atoms with van der Waals surface area (Å²) in [5.41, 5.74) is 3.63. The Morgan fingerprint density at radius 3 is 2.81 bits per heavy atom. The van der Waals surface area contributed by atoms with Gasteiger partial charge in [0, 0.05) is 32.3 Å². The van der Waals surface area contributed by atoms with E-state index >= 15 is 0 Å². The van der Waals surface area contributed by atoms with Gasteiger partial charge in [-0.15, -0.1) is 0 Å². The highest BCUT2D eigenvalue weighted by Crippen LogP contribution is 2.00. The molecule has 2 rings (SSSR count). The number of morpholine rings is 1. The zero-order chi connectivity index (χ0) is 14.8. The molecule has 1 aliphatic rings. The standard InChI is InChI=1S/C16H21N3O2/c20-16(8-10-19-11-13-21-14-12-19)18-17-9-4-7-15-5-2-1-3-6-15/h1-7,9H,8,10-14H2,(H,18,20)/b7-4+,17-9+. The van der Waals surface area contributed by atoms with Crippen molar-refractivity contribution >= 4 is 18.2 Å². The molecule has 21 heavy (non-hydrogen) atoms. The zero-order valence-electron chi connectivity index (χ0n) is 12.1. The van der Waals surface area contributed by atoms with E-state index in [1.54, 1.807) is 12.3 Å². The van der Waals surface area contributed by atoms with Gasteiger partial charge < -0.3 is 4.74 Å². The highest BCUT2D eigenvalue weighted by molar-refractivity contribution is 5.81. The van der Waals surface area contributed by atoms with Gasteiger partial charge in [-0.3, -0.25) is 9.69 Å². The lowest BCUT2D eigenvalue weighted by molar-refractivity contribution is -0.121. The summed E-state index contributed by atoms with van der Waals surface area (Å²) in [6, 6.07) is 9.94. The molecule has 0 aliphatic carbocycles. The van der Waals surface area contributed by atoms with Gasteiger partial charge in [0.2, 0.25) is 5.91 Å². The Hall–Kier alpha value is -1.98. The maximum Gasteiger partial charge on any atom is 0.241 e. The Kier molecular flexibility index (Phi) is 6.64. The van der Waals surface area contributed by atoms with E-state index in [-0.39, 0.29) is 5.91 Å². The van der Waals surface area contributed by atoms with Crippen LogP contribution in [0, 0.1) is 0 Å². The van der Waals surface area contributed by atoms with Gasteiger partial charge in [0.1, 0.15) is 0 Å². The van der Waals surface area contributed by atoms with Crippen LogP contribution in [-0.4, -0.2) is 49.9 Å². The number of hydrogen-bond acceptors (Lipinski definition) is 4. The second-order valence-corrected chi connectivity index (χ2v) is 4.79. The van der Waals surface area contributed by atoms with Crippen molar-refractivity contribution in [1.29, 1.82) is 0 Å². The van der Waals surface area contributed by atoms with Gasteiger partial charge in [-0.25, -0.2) is 5.43 Å². The van der Waals surface area contributed by atoms with Crippen LogP contribution in [0.4, 0.5) is 0 Å². The minimum Gasteiger partial charge on any atom is -0.379 e. The quantitative estimate of drug-likeness (QED) is 0.637. The van der Waals surface area contributed by atoms with E-state index in [9.17, 15) is 4.79 Å². The molecule has 5 heteroatoms. The molecule has 0 bridgehead atoms. The Balaban J connectivity index is 1.62. The number of carbonyl (C=O) groups excluding carboxylic acids is 1. The molecule has 1 amide bonds. The third kappa shape index (κ3) is 6.33. The molecule has 1 aromatic rings. The number of benzene rings is 1. The van der Waals surface area contributed by atoms with E-state index in [0.717, 1.165) is 38.4 Å². The highest BCUT2D eigenvalue weighted by atomic mass is 16.5. The van der Waals surface area contributed by atoms with Crippen LogP contribution < -0.4 is 5.43 Å². The molecule has 1 N–H and O–H groups in total. The van der Waals surface area contributed by atoms with Gasteiger partial charge in [0.25, 0.3) is 0 Å². The van der Waals surface area contributed by atoms with Crippen LogP contribution in [-0.2, 0) is 9.53 Å². The molecule has 0 aromatic heterocycles. The molecule has 1 aliphatic heterocycles. The molecular weight excluding hydrogens is 266 g/mol. The number of nitrogens with one attached hydrogen (secondary N) is 1. The minimum atomic E-state index is -0.0640. The SMILES string of the molecule is O=C(CCN1CCOCC1)N/N=C/C=C/c1ccccc1. The van der Waals surface area contributed by atoms with Crippen LogP contribution in [0.5, 0.6) is 0 Å². The van der Waals surface area contributed by atoms with Crippen molar-refractivity contribution in [3.63, 3.8) is 0 Å². The number of nitrogens with zero attached hydrogens (tertiary/aromatic N) is 2. The maximum atomic E-state index is 11.6. The first-order valence-electron chi connectivity index (χ1n) is 7.18. The van der Waals surface area contributed by atoms with E-state index in [0.29, 0.717) is 6.42 Å². The fourth-order valence-corrected chi connectivity index (χ4v) is 2.01. The molecule has 112 valence electrons. The molecule has 0 spiro atoms. The van der Waals surface area contributed by atoms with Crippen LogP contribution in [0.1, 0.15) is 12.0 Å². The van der Waals surface area contributed by atoms with Crippen LogP contribution in [0.3, 0.4) is 0 Å². The third-order valence-corrected chi connectivity index (χ3v) is 3.20. The number of amides is 1. The van der Waals surface area contributed by atoms with Crippen molar-refractivity contribution in [3.05, 3.63) is 42.0 Å². The molecule has 0 saturated carbocycles. The number of carbonyl (C=O) groups is 1. The predicted molar refractivity (Wildman–Crippen MR) is 84.0 cm³/mol. The molecule has 1 aromatic carbocycles. The second kappa shape index (κ2) is 9.05. The Morgan fingerprint density at radius 1 is 1.29 bits per heavy atom. The molecule has 0 atom stereocenters. The Labute approximate surface area is 125 Å². The van der Waals surface area contributed by atoms with Gasteiger partial charge >= 0.3 is 0 Å². The number of hydrazone groups is 1. The average molecular weight is 287 g/mol. The molecular formula is C16H21N3O2. The summed E-state index contributed by atoms with van der Waals surface area (Å²) in [5, 5.41) is 3.90. The molecule has 5 nitrogen and oxygen atoms in total. The van der Waals surface area contributed by atoms with E-state index in [1.165, 1.54) is 0 Å². The smallest absolute Gasteiger partial charge is 0.241 e. The van der Waals surface area contributed by atoms with Crippen molar-refractivity contribution in [2.24, 2.45) is 5.10 Å². The van der Waals surface area contributed by atoms with Crippen molar-refractivity contribution in [2.45, 2.75) is 6.42 Å². The summed E-state index contributed by atoms with van der Waals surface area (Å²) in [5.74, 6) is -0.0640. The fourth-order valence-electron chi connectivity index (χ4n) is 2.01. The average Bonchev–Trinajstić information content (AvgIpc) is 2.54. The number of rotatable bonds is 6. The zero-order valence-corrected chi connectivity index (χ0v) is 12.1. The predicted octanol–water partition coefficient (Wildman–Crippen LogP) is 1.52. The van der Waals surface area contributed by atoms with Gasteiger partial charge in [0.05, 0.1) is 13.2 Å². The highest BCUT2D eigenvalue weighted by Gasteiger charge is 2.11. The van der Waals surface area contributed by atoms with Crippen molar-refractivity contribution < 1.29 is 9.53 Å². The summed E-state index contributed by atoms with van der Waals surface area (Å²) in [6.45, 7) is 4.06. The van der Waals surface area contributed by atoms with Crippen LogP contribution in [0.15, 0.2) is 41.5 Å². The largest absolute Gasteiger partial charge is 0.379 e. The minimum absolute atomic E-state index is 0.0640. The van der Waals surface area contributed by atoms with Crippen LogP contribution in [0.25, 0.3) is 6.08 Å². The summed E-state index contributed by atoms with van der Waals surface area (Å²) in [6.07, 6.45) is 5.78. The maximum absolute atomic E-state index is 11.6. The molecule has 0 radical (unpaired) electrons. The lowest BCUT2D eigenvalue weighted by Gasteiger charge is -2.25. The molecule has 0 unspecified atom stereocenters. The van der Waals surface area contributed by atoms with E-state index in [2.05, 4.69) is 15.4 Å². The van der Waals surface area contributed by atoms with Crippen molar-refractivity contribution in [3.8, 4) is 0 Å². The molecule has 1 fully saturated rings. The first-order chi connectivity index (χ1) is 10.3. The lowest BCUT2D eigenvalue weighted by Crippen LogP contribution is -2.38. The van der Waals surface area contributed by atoms with E-state index in [1.807, 2.05) is 36.4 Å². The topological polar surface area (TPSA) is 53.9 Å². The second-order valence-electron chi connectivity index (χ2n) is 4.79. The van der Waals surface area contributed by atoms with E-state index in [4.69, 9.17) is 4.74 Å². The van der Waals surface area contributed by atoms with E-state index < -0.39 is 0 Å². The third-order valence-electron chi connectivity index (χ3n) is 3.20. The summed E-state index contributed by atoms with van der Waals surface area (Å²) in [4.78, 5) is 13.8. The lowest BCUT2D eigenvalue weighted by atomic mass is 10.2. The van der Waals surface area contributed by atoms with Crippen molar-refractivity contribution in [2.75, 3.05) is 32.8 Å². The first kappa shape index (κ1) is 15.4.